The molecule has 2 aliphatic heterocycles. The molecule has 3 nitrogen and oxygen atoms in total. The molecule has 0 spiro atoms. The van der Waals surface area contributed by atoms with Crippen molar-refractivity contribution in [3.05, 3.63) is 0 Å². The van der Waals surface area contributed by atoms with Crippen LogP contribution in [0.1, 0.15) is 38.5 Å². The number of morpholine rings is 1. The summed E-state index contributed by atoms with van der Waals surface area (Å²) in [6.45, 7) is 2.13. The minimum absolute atomic E-state index is 0.216. The lowest BCUT2D eigenvalue weighted by Crippen LogP contribution is -2.61. The Bertz CT molecular complexity index is 341. The average molecular weight is 292 g/mol. The van der Waals surface area contributed by atoms with E-state index in [2.05, 4.69) is 4.90 Å². The Balaban J connectivity index is 1.67. The summed E-state index contributed by atoms with van der Waals surface area (Å²) in [7, 11) is 0. The second kappa shape index (κ2) is 5.14. The van der Waals surface area contributed by atoms with Gasteiger partial charge in [-0.1, -0.05) is 0 Å². The summed E-state index contributed by atoms with van der Waals surface area (Å²) < 4.78 is 44.2. The number of hydrogen-bond donors (Lipinski definition) is 1. The van der Waals surface area contributed by atoms with Gasteiger partial charge in [0.1, 0.15) is 0 Å². The Morgan fingerprint density at radius 2 is 1.60 bits per heavy atom. The fourth-order valence-electron chi connectivity index (χ4n) is 4.13. The molecule has 2 bridgehead atoms. The van der Waals surface area contributed by atoms with Crippen LogP contribution in [-0.4, -0.2) is 48.5 Å². The third-order valence-electron chi connectivity index (χ3n) is 5.47. The molecule has 0 aromatic heterocycles. The maximum atomic E-state index is 12.8. The van der Waals surface area contributed by atoms with Gasteiger partial charge < -0.3 is 10.5 Å². The van der Waals surface area contributed by atoms with Crippen LogP contribution < -0.4 is 5.73 Å². The van der Waals surface area contributed by atoms with E-state index in [-0.39, 0.29) is 30.6 Å². The van der Waals surface area contributed by atoms with Crippen molar-refractivity contribution >= 4 is 0 Å². The molecule has 116 valence electrons. The van der Waals surface area contributed by atoms with E-state index in [0.29, 0.717) is 19.4 Å². The molecular weight excluding hydrogens is 269 g/mol. The van der Waals surface area contributed by atoms with Crippen molar-refractivity contribution in [1.82, 2.24) is 4.90 Å². The number of ether oxygens (including phenoxy) is 1. The summed E-state index contributed by atoms with van der Waals surface area (Å²) in [4.78, 5) is 2.34. The van der Waals surface area contributed by atoms with Crippen molar-refractivity contribution in [1.29, 1.82) is 0 Å². The number of nitrogens with two attached hydrogens (primary N) is 1. The van der Waals surface area contributed by atoms with Gasteiger partial charge in [-0.3, -0.25) is 4.90 Å². The molecule has 3 rings (SSSR count). The van der Waals surface area contributed by atoms with Crippen LogP contribution in [0, 0.1) is 5.92 Å². The zero-order chi connectivity index (χ0) is 14.4. The van der Waals surface area contributed by atoms with E-state index in [4.69, 9.17) is 10.5 Å². The Kier molecular flexibility index (Phi) is 3.75. The lowest BCUT2D eigenvalue weighted by Gasteiger charge is -2.50. The third-order valence-corrected chi connectivity index (χ3v) is 5.47. The molecule has 3 aliphatic rings. The third kappa shape index (κ3) is 2.57. The van der Waals surface area contributed by atoms with E-state index in [1.54, 1.807) is 0 Å². The summed E-state index contributed by atoms with van der Waals surface area (Å²) in [5.74, 6) is -1.14. The summed E-state index contributed by atoms with van der Waals surface area (Å²) in [6, 6.07) is 0. The van der Waals surface area contributed by atoms with Gasteiger partial charge in [0.05, 0.1) is 18.1 Å². The van der Waals surface area contributed by atoms with Crippen molar-refractivity contribution in [3.8, 4) is 0 Å². The molecule has 2 unspecified atom stereocenters. The van der Waals surface area contributed by atoms with Crippen LogP contribution in [0.2, 0.25) is 0 Å². The first-order valence-corrected chi connectivity index (χ1v) is 7.60. The smallest absolute Gasteiger partial charge is 0.372 e. The zero-order valence-electron chi connectivity index (χ0n) is 11.7. The van der Waals surface area contributed by atoms with Gasteiger partial charge in [0, 0.05) is 25.2 Å². The fourth-order valence-corrected chi connectivity index (χ4v) is 4.13. The van der Waals surface area contributed by atoms with Crippen molar-refractivity contribution < 1.29 is 17.9 Å². The molecule has 20 heavy (non-hydrogen) atoms. The van der Waals surface area contributed by atoms with Crippen molar-refractivity contribution in [2.75, 3.05) is 19.6 Å². The average Bonchev–Trinajstić information content (AvgIpc) is 2.76. The van der Waals surface area contributed by atoms with Crippen molar-refractivity contribution in [2.24, 2.45) is 11.7 Å². The SMILES string of the molecule is NCC1(N2CC3CCC(C2)O3)CCC(C(F)(F)F)CC1. The zero-order valence-corrected chi connectivity index (χ0v) is 11.7. The monoisotopic (exact) mass is 292 g/mol. The maximum absolute atomic E-state index is 12.8. The first kappa shape index (κ1) is 14.6. The van der Waals surface area contributed by atoms with Gasteiger partial charge in [-0.15, -0.1) is 0 Å². The van der Waals surface area contributed by atoms with Gasteiger partial charge in [0.25, 0.3) is 0 Å². The molecule has 6 heteroatoms. The quantitative estimate of drug-likeness (QED) is 0.849. The van der Waals surface area contributed by atoms with Crippen LogP contribution in [0.15, 0.2) is 0 Å². The first-order valence-electron chi connectivity index (χ1n) is 7.60. The Hall–Kier alpha value is -0.330. The second-order valence-corrected chi connectivity index (χ2v) is 6.61. The second-order valence-electron chi connectivity index (χ2n) is 6.61. The Morgan fingerprint density at radius 3 is 2.05 bits per heavy atom. The van der Waals surface area contributed by atoms with Gasteiger partial charge >= 0.3 is 6.18 Å². The summed E-state index contributed by atoms with van der Waals surface area (Å²) in [6.07, 6.45) is 0.182. The van der Waals surface area contributed by atoms with E-state index in [0.717, 1.165) is 25.9 Å². The van der Waals surface area contributed by atoms with E-state index in [1.165, 1.54) is 0 Å². The van der Waals surface area contributed by atoms with Gasteiger partial charge in [0.15, 0.2) is 0 Å². The summed E-state index contributed by atoms with van der Waals surface area (Å²) in [5, 5.41) is 0. The minimum Gasteiger partial charge on any atom is -0.372 e. The Morgan fingerprint density at radius 1 is 1.05 bits per heavy atom. The molecule has 2 N–H and O–H groups in total. The van der Waals surface area contributed by atoms with Crippen LogP contribution >= 0.6 is 0 Å². The predicted molar refractivity (Wildman–Crippen MR) is 69.3 cm³/mol. The van der Waals surface area contributed by atoms with E-state index >= 15 is 0 Å². The Labute approximate surface area is 117 Å². The van der Waals surface area contributed by atoms with Crippen LogP contribution in [0.5, 0.6) is 0 Å². The molecule has 1 saturated carbocycles. The number of alkyl halides is 3. The number of halogens is 3. The largest absolute Gasteiger partial charge is 0.391 e. The molecular formula is C14H23F3N2O. The molecule has 0 radical (unpaired) electrons. The molecule has 2 heterocycles. The lowest BCUT2D eigenvalue weighted by molar-refractivity contribution is -0.191. The van der Waals surface area contributed by atoms with Crippen LogP contribution in [0.25, 0.3) is 0 Å². The predicted octanol–water partition coefficient (Wildman–Crippen LogP) is 2.30. The van der Waals surface area contributed by atoms with Gasteiger partial charge in [-0.05, 0) is 38.5 Å². The topological polar surface area (TPSA) is 38.5 Å². The van der Waals surface area contributed by atoms with E-state index in [1.807, 2.05) is 0 Å². The van der Waals surface area contributed by atoms with Gasteiger partial charge in [-0.25, -0.2) is 0 Å². The highest BCUT2D eigenvalue weighted by Crippen LogP contribution is 2.44. The van der Waals surface area contributed by atoms with Crippen molar-refractivity contribution in [3.63, 3.8) is 0 Å². The van der Waals surface area contributed by atoms with Gasteiger partial charge in [0.2, 0.25) is 0 Å². The highest BCUT2D eigenvalue weighted by atomic mass is 19.4. The first-order chi connectivity index (χ1) is 9.43. The van der Waals surface area contributed by atoms with Crippen molar-refractivity contribution in [2.45, 2.75) is 62.4 Å². The van der Waals surface area contributed by atoms with Crippen LogP contribution in [0.3, 0.4) is 0 Å². The number of rotatable bonds is 2. The maximum Gasteiger partial charge on any atom is 0.391 e. The highest BCUT2D eigenvalue weighted by Gasteiger charge is 2.49. The standard InChI is InChI=1S/C14H23F3N2O/c15-14(16,17)10-3-5-13(9-18,6-4-10)19-7-11-1-2-12(8-19)20-11/h10-12H,1-9,18H2. The molecule has 0 aromatic carbocycles. The number of hydrogen-bond acceptors (Lipinski definition) is 3. The normalized spacial score (nSPS) is 42.9. The van der Waals surface area contributed by atoms with E-state index < -0.39 is 12.1 Å². The molecule has 2 atom stereocenters. The van der Waals surface area contributed by atoms with Crippen LogP contribution in [-0.2, 0) is 4.74 Å². The number of nitrogens with zero attached hydrogens (tertiary/aromatic N) is 1. The molecule has 1 aliphatic carbocycles. The summed E-state index contributed by atoms with van der Waals surface area (Å²) in [5.41, 5.74) is 5.74. The molecule has 2 saturated heterocycles. The fraction of sp³-hybridized carbons (Fsp3) is 1.00. The minimum atomic E-state index is -4.05. The molecule has 3 fully saturated rings. The number of likely N-dealkylation sites (tertiary alicyclic amines) is 1. The lowest BCUT2D eigenvalue weighted by atomic mass is 9.74. The van der Waals surface area contributed by atoms with E-state index in [9.17, 15) is 13.2 Å². The molecule has 0 aromatic rings. The summed E-state index contributed by atoms with van der Waals surface area (Å²) >= 11 is 0. The highest BCUT2D eigenvalue weighted by molar-refractivity contribution is 5.01. The van der Waals surface area contributed by atoms with Gasteiger partial charge in [-0.2, -0.15) is 13.2 Å². The number of fused-ring (bicyclic) bond motifs is 2. The molecule has 0 amide bonds. The van der Waals surface area contributed by atoms with Crippen LogP contribution in [0.4, 0.5) is 13.2 Å².